The van der Waals surface area contributed by atoms with Crippen LogP contribution in [0.25, 0.3) is 0 Å². The lowest BCUT2D eigenvalue weighted by Gasteiger charge is -2.08. The van der Waals surface area contributed by atoms with Gasteiger partial charge in [0.25, 0.3) is 0 Å². The van der Waals surface area contributed by atoms with E-state index in [1.165, 1.54) is 6.07 Å². The molecule has 0 unspecified atom stereocenters. The molecule has 0 atom stereocenters. The molecule has 4 heteroatoms. The van der Waals surface area contributed by atoms with Crippen molar-refractivity contribution in [3.63, 3.8) is 0 Å². The van der Waals surface area contributed by atoms with Crippen molar-refractivity contribution in [1.82, 2.24) is 0 Å². The van der Waals surface area contributed by atoms with Crippen molar-refractivity contribution in [3.05, 3.63) is 29.3 Å². The van der Waals surface area contributed by atoms with Gasteiger partial charge in [0.15, 0.2) is 0 Å². The molecule has 0 saturated heterocycles. The lowest BCUT2D eigenvalue weighted by Crippen LogP contribution is -2.08. The third-order valence-corrected chi connectivity index (χ3v) is 2.72. The zero-order chi connectivity index (χ0) is 12.0. The Balaban J connectivity index is 2.92. The fourth-order valence-electron chi connectivity index (χ4n) is 1.45. The van der Waals surface area contributed by atoms with Gasteiger partial charge in [-0.15, -0.1) is 0 Å². The van der Waals surface area contributed by atoms with E-state index in [9.17, 15) is 9.90 Å². The highest BCUT2D eigenvalue weighted by Crippen LogP contribution is 2.19. The molecule has 0 fully saturated rings. The second kappa shape index (κ2) is 6.53. The molecule has 0 radical (unpaired) electrons. The fourth-order valence-corrected chi connectivity index (χ4v) is 1.73. The third-order valence-electron chi connectivity index (χ3n) is 2.16. The zero-order valence-corrected chi connectivity index (χ0v) is 10.8. The molecule has 0 aromatic heterocycles. The van der Waals surface area contributed by atoms with Crippen molar-refractivity contribution in [1.29, 1.82) is 0 Å². The van der Waals surface area contributed by atoms with Crippen LogP contribution in [-0.2, 0) is 11.2 Å². The number of aromatic hydroxyl groups is 1. The number of alkyl halides is 1. The van der Waals surface area contributed by atoms with Crippen LogP contribution in [0.15, 0.2) is 18.2 Å². The van der Waals surface area contributed by atoms with Gasteiger partial charge in [-0.25, -0.2) is 4.79 Å². The second-order valence-corrected chi connectivity index (χ2v) is 4.15. The van der Waals surface area contributed by atoms with E-state index in [0.29, 0.717) is 12.2 Å². The van der Waals surface area contributed by atoms with Crippen molar-refractivity contribution in [3.8, 4) is 5.75 Å². The number of ether oxygens (including phenoxy) is 1. The molecule has 16 heavy (non-hydrogen) atoms. The summed E-state index contributed by atoms with van der Waals surface area (Å²) in [6.07, 6.45) is 1.66. The number of esters is 1. The number of phenolic OH excluding ortho intramolecular Hbond substituents is 1. The molecule has 3 nitrogen and oxygen atoms in total. The summed E-state index contributed by atoms with van der Waals surface area (Å²) < 4.78 is 4.96. The number of hydrogen-bond donors (Lipinski definition) is 1. The maximum absolute atomic E-state index is 11.6. The number of halogens is 1. The van der Waals surface area contributed by atoms with Gasteiger partial charge in [-0.05, 0) is 43.5 Å². The molecule has 0 saturated carbocycles. The largest absolute Gasteiger partial charge is 0.508 e. The summed E-state index contributed by atoms with van der Waals surface area (Å²) in [7, 11) is 0. The van der Waals surface area contributed by atoms with Gasteiger partial charge >= 0.3 is 5.97 Å². The highest BCUT2D eigenvalue weighted by molar-refractivity contribution is 9.09. The second-order valence-electron chi connectivity index (χ2n) is 3.35. The Labute approximate surface area is 104 Å². The topological polar surface area (TPSA) is 46.5 Å². The monoisotopic (exact) mass is 286 g/mol. The Morgan fingerprint density at radius 1 is 1.50 bits per heavy atom. The molecule has 0 aliphatic heterocycles. The molecule has 88 valence electrons. The molecule has 1 aromatic carbocycles. The maximum Gasteiger partial charge on any atom is 0.338 e. The van der Waals surface area contributed by atoms with Crippen LogP contribution in [0.5, 0.6) is 5.75 Å². The molecule has 0 spiro atoms. The number of benzene rings is 1. The van der Waals surface area contributed by atoms with E-state index < -0.39 is 0 Å². The van der Waals surface area contributed by atoms with Crippen LogP contribution in [0.1, 0.15) is 29.3 Å². The lowest BCUT2D eigenvalue weighted by atomic mass is 10.0. The molecule has 0 aliphatic rings. The first-order chi connectivity index (χ1) is 7.69. The Hall–Kier alpha value is -1.03. The summed E-state index contributed by atoms with van der Waals surface area (Å²) in [6.45, 7) is 2.13. The highest BCUT2D eigenvalue weighted by Gasteiger charge is 2.12. The van der Waals surface area contributed by atoms with Crippen molar-refractivity contribution in [2.75, 3.05) is 11.9 Å². The van der Waals surface area contributed by atoms with Crippen molar-refractivity contribution in [2.45, 2.75) is 19.8 Å². The van der Waals surface area contributed by atoms with E-state index in [2.05, 4.69) is 15.9 Å². The van der Waals surface area contributed by atoms with Gasteiger partial charge in [-0.3, -0.25) is 0 Å². The minimum Gasteiger partial charge on any atom is -0.508 e. The molecular weight excluding hydrogens is 272 g/mol. The number of aryl methyl sites for hydroxylation is 1. The smallest absolute Gasteiger partial charge is 0.338 e. The molecule has 1 aromatic rings. The van der Waals surface area contributed by atoms with Crippen LogP contribution in [0.3, 0.4) is 0 Å². The van der Waals surface area contributed by atoms with Crippen molar-refractivity contribution in [2.24, 2.45) is 0 Å². The molecule has 0 amide bonds. The molecule has 1 rings (SSSR count). The Morgan fingerprint density at radius 3 is 2.88 bits per heavy atom. The summed E-state index contributed by atoms with van der Waals surface area (Å²) in [6, 6.07) is 4.73. The van der Waals surface area contributed by atoms with E-state index in [1.807, 2.05) is 0 Å². The average molecular weight is 287 g/mol. The minimum atomic E-state index is -0.327. The first kappa shape index (κ1) is 13.0. The van der Waals surface area contributed by atoms with Crippen molar-refractivity contribution >= 4 is 21.9 Å². The number of hydrogen-bond acceptors (Lipinski definition) is 3. The number of rotatable bonds is 5. The van der Waals surface area contributed by atoms with Gasteiger partial charge in [-0.2, -0.15) is 0 Å². The van der Waals surface area contributed by atoms with E-state index >= 15 is 0 Å². The predicted octanol–water partition coefficient (Wildman–Crippen LogP) is 2.90. The normalized spacial score (nSPS) is 10.1. The number of carbonyl (C=O) groups is 1. The summed E-state index contributed by atoms with van der Waals surface area (Å²) in [4.78, 5) is 11.6. The van der Waals surface area contributed by atoms with E-state index in [4.69, 9.17) is 4.74 Å². The molecule has 0 bridgehead atoms. The summed E-state index contributed by atoms with van der Waals surface area (Å²) in [5.41, 5.74) is 1.37. The number of carbonyl (C=O) groups excluding carboxylic acids is 1. The number of phenols is 1. The summed E-state index contributed by atoms with van der Waals surface area (Å²) >= 11 is 3.34. The minimum absolute atomic E-state index is 0.178. The van der Waals surface area contributed by atoms with E-state index in [-0.39, 0.29) is 11.7 Å². The van der Waals surface area contributed by atoms with Crippen LogP contribution < -0.4 is 0 Å². The van der Waals surface area contributed by atoms with Crippen LogP contribution in [-0.4, -0.2) is 23.0 Å². The van der Waals surface area contributed by atoms with Gasteiger partial charge in [0.05, 0.1) is 12.2 Å². The average Bonchev–Trinajstić information content (AvgIpc) is 2.26. The Bertz CT molecular complexity index is 363. The highest BCUT2D eigenvalue weighted by atomic mass is 79.9. The summed E-state index contributed by atoms with van der Waals surface area (Å²) in [5, 5.41) is 10.3. The fraction of sp³-hybridized carbons (Fsp3) is 0.417. The summed E-state index contributed by atoms with van der Waals surface area (Å²) in [5.74, 6) is -0.148. The SMILES string of the molecule is CCOC(=O)c1ccc(O)cc1CCCBr. The maximum atomic E-state index is 11.6. The van der Waals surface area contributed by atoms with Crippen LogP contribution >= 0.6 is 15.9 Å². The van der Waals surface area contributed by atoms with Gasteiger partial charge in [-0.1, -0.05) is 15.9 Å². The van der Waals surface area contributed by atoms with E-state index in [1.54, 1.807) is 19.1 Å². The standard InChI is InChI=1S/C12H15BrO3/c1-2-16-12(15)11-6-5-10(14)8-9(11)4-3-7-13/h5-6,8,14H,2-4,7H2,1H3. The Morgan fingerprint density at radius 2 is 2.25 bits per heavy atom. The first-order valence-electron chi connectivity index (χ1n) is 5.24. The van der Waals surface area contributed by atoms with Crippen molar-refractivity contribution < 1.29 is 14.6 Å². The van der Waals surface area contributed by atoms with E-state index in [0.717, 1.165) is 23.7 Å². The third kappa shape index (κ3) is 3.52. The van der Waals surface area contributed by atoms with Gasteiger partial charge < -0.3 is 9.84 Å². The van der Waals surface area contributed by atoms with Gasteiger partial charge in [0.2, 0.25) is 0 Å². The predicted molar refractivity (Wildman–Crippen MR) is 66.2 cm³/mol. The molecule has 0 heterocycles. The van der Waals surface area contributed by atoms with Crippen LogP contribution in [0.2, 0.25) is 0 Å². The quantitative estimate of drug-likeness (QED) is 0.669. The Kier molecular flexibility index (Phi) is 5.32. The molecule has 1 N–H and O–H groups in total. The molecular formula is C12H15BrO3. The van der Waals surface area contributed by atoms with Gasteiger partial charge in [0, 0.05) is 5.33 Å². The van der Waals surface area contributed by atoms with Gasteiger partial charge in [0.1, 0.15) is 5.75 Å². The van der Waals surface area contributed by atoms with Crippen LogP contribution in [0.4, 0.5) is 0 Å². The molecule has 0 aliphatic carbocycles. The zero-order valence-electron chi connectivity index (χ0n) is 9.20. The van der Waals surface area contributed by atoms with Crippen LogP contribution in [0, 0.1) is 0 Å². The first-order valence-corrected chi connectivity index (χ1v) is 6.36. The lowest BCUT2D eigenvalue weighted by molar-refractivity contribution is 0.0525.